The van der Waals surface area contributed by atoms with Gasteiger partial charge in [0.25, 0.3) is 0 Å². The average Bonchev–Trinajstić information content (AvgIpc) is 3.44. The number of thiol groups is 1. The molecule has 0 saturated carbocycles. The lowest BCUT2D eigenvalue weighted by Gasteiger charge is -2.33. The Labute approximate surface area is 187 Å². The van der Waals surface area contributed by atoms with Crippen molar-refractivity contribution in [1.29, 1.82) is 0 Å². The number of carboxylic acid groups (broad SMARTS) is 1. The van der Waals surface area contributed by atoms with Crippen LogP contribution < -0.4 is 0 Å². The zero-order chi connectivity index (χ0) is 22.9. The van der Waals surface area contributed by atoms with Crippen molar-refractivity contribution in [3.8, 4) is 0 Å². The van der Waals surface area contributed by atoms with E-state index in [2.05, 4.69) is 12.6 Å². The van der Waals surface area contributed by atoms with Crippen LogP contribution in [0.2, 0.25) is 0 Å². The molecule has 0 aromatic heterocycles. The molecule has 31 heavy (non-hydrogen) atoms. The predicted octanol–water partition coefficient (Wildman–Crippen LogP) is 1.19. The summed E-state index contributed by atoms with van der Waals surface area (Å²) in [5, 5.41) is 8.58. The molecule has 0 aliphatic carbocycles. The first-order valence-corrected chi connectivity index (χ1v) is 11.6. The average molecular weight is 458 g/mol. The van der Waals surface area contributed by atoms with Crippen molar-refractivity contribution in [1.82, 2.24) is 14.7 Å². The summed E-state index contributed by atoms with van der Waals surface area (Å²) in [7, 11) is 0. The van der Waals surface area contributed by atoms with E-state index in [0.717, 1.165) is 0 Å². The lowest BCUT2D eigenvalue weighted by Crippen LogP contribution is -2.54. The van der Waals surface area contributed by atoms with Gasteiger partial charge >= 0.3 is 5.97 Å². The Hall–Kier alpha value is -1.84. The van der Waals surface area contributed by atoms with Crippen LogP contribution in [0.25, 0.3) is 0 Å². The summed E-state index contributed by atoms with van der Waals surface area (Å²) in [5.41, 5.74) is 0. The van der Waals surface area contributed by atoms with E-state index in [4.69, 9.17) is 0 Å². The molecule has 3 amide bonds. The topological polar surface area (TPSA) is 98.2 Å². The quantitative estimate of drug-likeness (QED) is 0.584. The third-order valence-electron chi connectivity index (χ3n) is 6.47. The van der Waals surface area contributed by atoms with Crippen molar-refractivity contribution in [3.63, 3.8) is 0 Å². The number of carbonyl (C=O) groups excluding carboxylic acids is 3. The van der Waals surface area contributed by atoms with Crippen LogP contribution in [0, 0.1) is 11.8 Å². The molecule has 3 rings (SSSR count). The number of carbonyl (C=O) groups is 4. The number of alkyl halides is 1. The number of nitrogens with zero attached hydrogens (tertiary/aromatic N) is 3. The molecule has 0 unspecified atom stereocenters. The highest BCUT2D eigenvalue weighted by Crippen LogP contribution is 2.30. The predicted molar refractivity (Wildman–Crippen MR) is 114 cm³/mol. The molecular weight excluding hydrogens is 425 g/mol. The van der Waals surface area contributed by atoms with Crippen molar-refractivity contribution >= 4 is 36.3 Å². The SMILES string of the molecule is CC(C)C[C@H](S)C(=O)N1C[C@@H](F)C[C@H]1C(=O)N1CCC[C@H]1C(=O)N1CC[C@@H](C(=O)O)C1. The summed E-state index contributed by atoms with van der Waals surface area (Å²) in [5.74, 6) is -2.27. The molecule has 5 atom stereocenters. The number of likely N-dealkylation sites (tertiary alicyclic amines) is 3. The number of carboxylic acids is 1. The van der Waals surface area contributed by atoms with E-state index in [9.17, 15) is 28.7 Å². The Morgan fingerprint density at radius 1 is 1.03 bits per heavy atom. The van der Waals surface area contributed by atoms with Gasteiger partial charge in [0.05, 0.1) is 17.7 Å². The maximum Gasteiger partial charge on any atom is 0.308 e. The van der Waals surface area contributed by atoms with Gasteiger partial charge in [0, 0.05) is 26.1 Å². The smallest absolute Gasteiger partial charge is 0.308 e. The van der Waals surface area contributed by atoms with Gasteiger partial charge in [-0.3, -0.25) is 19.2 Å². The van der Waals surface area contributed by atoms with Crippen molar-refractivity contribution in [2.75, 3.05) is 26.2 Å². The van der Waals surface area contributed by atoms with E-state index in [-0.39, 0.29) is 37.2 Å². The van der Waals surface area contributed by atoms with Gasteiger partial charge in [-0.2, -0.15) is 12.6 Å². The highest BCUT2D eigenvalue weighted by Gasteiger charge is 2.47. The number of hydrogen-bond acceptors (Lipinski definition) is 5. The fourth-order valence-electron chi connectivity index (χ4n) is 4.85. The highest BCUT2D eigenvalue weighted by molar-refractivity contribution is 7.81. The lowest BCUT2D eigenvalue weighted by atomic mass is 10.1. The van der Waals surface area contributed by atoms with Gasteiger partial charge in [0.2, 0.25) is 17.7 Å². The van der Waals surface area contributed by atoms with E-state index < -0.39 is 41.3 Å². The number of amides is 3. The molecule has 0 aromatic rings. The van der Waals surface area contributed by atoms with E-state index in [1.807, 2.05) is 13.8 Å². The molecule has 0 aromatic carbocycles. The van der Waals surface area contributed by atoms with E-state index in [1.54, 1.807) is 0 Å². The minimum Gasteiger partial charge on any atom is -0.481 e. The minimum absolute atomic E-state index is 0.0744. The molecular formula is C21H32FN3O5S. The Morgan fingerprint density at radius 3 is 2.35 bits per heavy atom. The van der Waals surface area contributed by atoms with E-state index in [1.165, 1.54) is 14.7 Å². The summed E-state index contributed by atoms with van der Waals surface area (Å²) in [6.07, 6.45) is 0.691. The highest BCUT2D eigenvalue weighted by atomic mass is 32.1. The van der Waals surface area contributed by atoms with Crippen LogP contribution in [-0.4, -0.2) is 93.2 Å². The monoisotopic (exact) mass is 457 g/mol. The fourth-order valence-corrected chi connectivity index (χ4v) is 5.42. The van der Waals surface area contributed by atoms with E-state index in [0.29, 0.717) is 38.8 Å². The van der Waals surface area contributed by atoms with Crippen molar-refractivity contribution in [3.05, 3.63) is 0 Å². The Balaban J connectivity index is 1.70. The van der Waals surface area contributed by atoms with Crippen LogP contribution in [0.3, 0.4) is 0 Å². The van der Waals surface area contributed by atoms with Crippen LogP contribution in [0.15, 0.2) is 0 Å². The first kappa shape index (κ1) is 23.8. The van der Waals surface area contributed by atoms with Gasteiger partial charge in [-0.1, -0.05) is 13.8 Å². The number of aliphatic carboxylic acids is 1. The first-order valence-electron chi connectivity index (χ1n) is 11.0. The third-order valence-corrected chi connectivity index (χ3v) is 6.90. The Kier molecular flexibility index (Phi) is 7.49. The third kappa shape index (κ3) is 5.15. The van der Waals surface area contributed by atoms with Gasteiger partial charge in [0.1, 0.15) is 18.3 Å². The number of hydrogen-bond donors (Lipinski definition) is 2. The van der Waals surface area contributed by atoms with Crippen LogP contribution in [0.4, 0.5) is 4.39 Å². The molecule has 0 radical (unpaired) electrons. The van der Waals surface area contributed by atoms with Gasteiger partial charge < -0.3 is 19.8 Å². The molecule has 10 heteroatoms. The Morgan fingerprint density at radius 2 is 1.74 bits per heavy atom. The fraction of sp³-hybridized carbons (Fsp3) is 0.810. The zero-order valence-electron chi connectivity index (χ0n) is 18.1. The molecule has 1 N–H and O–H groups in total. The molecule has 3 saturated heterocycles. The summed E-state index contributed by atoms with van der Waals surface area (Å²) in [6.45, 7) is 4.67. The van der Waals surface area contributed by atoms with Crippen LogP contribution in [0.5, 0.6) is 0 Å². The second-order valence-electron chi connectivity index (χ2n) is 9.28. The largest absolute Gasteiger partial charge is 0.481 e. The second kappa shape index (κ2) is 9.75. The van der Waals surface area contributed by atoms with Gasteiger partial charge in [-0.15, -0.1) is 0 Å². The summed E-state index contributed by atoms with van der Waals surface area (Å²) >= 11 is 4.37. The van der Waals surface area contributed by atoms with Gasteiger partial charge in [-0.25, -0.2) is 4.39 Å². The van der Waals surface area contributed by atoms with Gasteiger partial charge in [0.15, 0.2) is 0 Å². The molecule has 3 fully saturated rings. The van der Waals surface area contributed by atoms with Crippen molar-refractivity contribution < 1.29 is 28.7 Å². The molecule has 3 heterocycles. The standard InChI is InChI=1S/C21H32FN3O5S/c1-12(2)8-17(31)20(28)25-11-14(22)9-16(25)19(27)24-6-3-4-15(24)18(26)23-7-5-13(10-23)21(29)30/h12-17,31H,3-11H2,1-2H3,(H,29,30)/t13-,14+,15+,16+,17+/m1/s1. The van der Waals surface area contributed by atoms with Crippen LogP contribution >= 0.6 is 12.6 Å². The number of rotatable bonds is 6. The molecule has 8 nitrogen and oxygen atoms in total. The minimum atomic E-state index is -1.29. The zero-order valence-corrected chi connectivity index (χ0v) is 19.0. The summed E-state index contributed by atoms with van der Waals surface area (Å²) in [4.78, 5) is 54.7. The van der Waals surface area contributed by atoms with Gasteiger partial charge in [-0.05, 0) is 31.6 Å². The molecule has 0 bridgehead atoms. The maximum absolute atomic E-state index is 14.3. The maximum atomic E-state index is 14.3. The van der Waals surface area contributed by atoms with Crippen molar-refractivity contribution in [2.45, 2.75) is 69.5 Å². The lowest BCUT2D eigenvalue weighted by molar-refractivity contribution is -0.149. The second-order valence-corrected chi connectivity index (χ2v) is 9.91. The Bertz CT molecular complexity index is 736. The molecule has 3 aliphatic rings. The van der Waals surface area contributed by atoms with Crippen LogP contribution in [0.1, 0.15) is 46.0 Å². The summed E-state index contributed by atoms with van der Waals surface area (Å²) in [6, 6.07) is -1.61. The molecule has 174 valence electrons. The summed E-state index contributed by atoms with van der Waals surface area (Å²) < 4.78 is 14.3. The number of halogens is 1. The molecule has 0 spiro atoms. The first-order chi connectivity index (χ1) is 14.6. The molecule has 3 aliphatic heterocycles. The van der Waals surface area contributed by atoms with Crippen molar-refractivity contribution in [2.24, 2.45) is 11.8 Å². The van der Waals surface area contributed by atoms with E-state index >= 15 is 0 Å². The normalized spacial score (nSPS) is 29.6. The van der Waals surface area contributed by atoms with Crippen LogP contribution in [-0.2, 0) is 19.2 Å².